The molecule has 0 aliphatic carbocycles. The summed E-state index contributed by atoms with van der Waals surface area (Å²) in [7, 11) is 0. The predicted molar refractivity (Wildman–Crippen MR) is 42.8 cm³/mol. The monoisotopic (exact) mass is 195 g/mol. The lowest BCUT2D eigenvalue weighted by molar-refractivity contribution is -0.232. The molecule has 0 saturated carbocycles. The van der Waals surface area contributed by atoms with E-state index in [9.17, 15) is 13.2 Å². The Morgan fingerprint density at radius 3 is 2.46 bits per heavy atom. The van der Waals surface area contributed by atoms with Gasteiger partial charge in [0.25, 0.3) is 0 Å². The van der Waals surface area contributed by atoms with Gasteiger partial charge in [-0.25, -0.2) is 0 Å². The lowest BCUT2D eigenvalue weighted by atomic mass is 10.4. The largest absolute Gasteiger partial charge is 0.487 e. The van der Waals surface area contributed by atoms with Crippen molar-refractivity contribution in [1.82, 2.24) is 9.91 Å². The van der Waals surface area contributed by atoms with Crippen LogP contribution < -0.4 is 0 Å². The molecule has 76 valence electrons. The standard InChI is InChI=1S/C7H12F3N3/c1-3-4-13-6(2)12(5-11-13)7(8,9)10/h5-6H,3-4H2,1-2H3. The van der Waals surface area contributed by atoms with Crippen molar-refractivity contribution in [1.29, 1.82) is 0 Å². The zero-order chi connectivity index (χ0) is 10.1. The topological polar surface area (TPSA) is 18.8 Å². The normalized spacial score (nSPS) is 23.0. The van der Waals surface area contributed by atoms with Crippen LogP contribution in [0.15, 0.2) is 5.10 Å². The SMILES string of the molecule is CCCN1N=CN(C(F)(F)F)C1C. The zero-order valence-corrected chi connectivity index (χ0v) is 7.54. The fourth-order valence-electron chi connectivity index (χ4n) is 1.21. The molecule has 0 N–H and O–H groups in total. The molecule has 1 rings (SSSR count). The Hall–Kier alpha value is -0.940. The Kier molecular flexibility index (Phi) is 2.68. The van der Waals surface area contributed by atoms with E-state index in [0.717, 1.165) is 12.8 Å². The van der Waals surface area contributed by atoms with Gasteiger partial charge in [0.2, 0.25) is 0 Å². The second-order valence-corrected chi connectivity index (χ2v) is 2.90. The number of halogens is 3. The molecular formula is C7H12F3N3. The fourth-order valence-corrected chi connectivity index (χ4v) is 1.21. The van der Waals surface area contributed by atoms with Gasteiger partial charge in [-0.15, -0.1) is 13.2 Å². The molecule has 0 aromatic heterocycles. The Balaban J connectivity index is 2.61. The average molecular weight is 195 g/mol. The minimum absolute atomic E-state index is 0.294. The van der Waals surface area contributed by atoms with Gasteiger partial charge in [-0.1, -0.05) is 6.92 Å². The van der Waals surface area contributed by atoms with Gasteiger partial charge < -0.3 is 0 Å². The Labute approximate surface area is 74.8 Å². The number of hydrazone groups is 1. The number of nitrogens with zero attached hydrogens (tertiary/aromatic N) is 3. The van der Waals surface area contributed by atoms with E-state index in [1.165, 1.54) is 11.9 Å². The van der Waals surface area contributed by atoms with Crippen molar-refractivity contribution in [2.24, 2.45) is 5.10 Å². The van der Waals surface area contributed by atoms with E-state index in [4.69, 9.17) is 0 Å². The highest BCUT2D eigenvalue weighted by Gasteiger charge is 2.43. The van der Waals surface area contributed by atoms with Crippen LogP contribution >= 0.6 is 0 Å². The van der Waals surface area contributed by atoms with Crippen LogP contribution in [0.5, 0.6) is 0 Å². The summed E-state index contributed by atoms with van der Waals surface area (Å²) in [5.74, 6) is 0. The molecule has 13 heavy (non-hydrogen) atoms. The Bertz CT molecular complexity index is 202. The number of hydrogen-bond donors (Lipinski definition) is 0. The van der Waals surface area contributed by atoms with E-state index in [1.807, 2.05) is 6.92 Å². The third-order valence-corrected chi connectivity index (χ3v) is 1.90. The van der Waals surface area contributed by atoms with Crippen LogP contribution in [0.2, 0.25) is 0 Å². The van der Waals surface area contributed by atoms with Gasteiger partial charge in [-0.05, 0) is 13.3 Å². The van der Waals surface area contributed by atoms with Gasteiger partial charge in [0, 0.05) is 6.54 Å². The fraction of sp³-hybridized carbons (Fsp3) is 0.857. The van der Waals surface area contributed by atoms with Gasteiger partial charge in [-0.2, -0.15) is 5.10 Å². The highest BCUT2D eigenvalue weighted by atomic mass is 19.4. The zero-order valence-electron chi connectivity index (χ0n) is 7.54. The molecule has 0 radical (unpaired) electrons. The lowest BCUT2D eigenvalue weighted by Crippen LogP contribution is -2.45. The second kappa shape index (κ2) is 3.43. The minimum Gasteiger partial charge on any atom is -0.273 e. The van der Waals surface area contributed by atoms with E-state index >= 15 is 0 Å². The molecule has 1 atom stereocenters. The van der Waals surface area contributed by atoms with E-state index in [0.29, 0.717) is 11.4 Å². The second-order valence-electron chi connectivity index (χ2n) is 2.90. The van der Waals surface area contributed by atoms with E-state index in [1.54, 1.807) is 0 Å². The Morgan fingerprint density at radius 2 is 2.08 bits per heavy atom. The summed E-state index contributed by atoms with van der Waals surface area (Å²) in [5.41, 5.74) is 0. The maximum absolute atomic E-state index is 12.2. The van der Waals surface area contributed by atoms with Crippen molar-refractivity contribution in [2.45, 2.75) is 32.7 Å². The van der Waals surface area contributed by atoms with Crippen LogP contribution in [0.1, 0.15) is 20.3 Å². The highest BCUT2D eigenvalue weighted by Crippen LogP contribution is 2.26. The molecule has 1 heterocycles. The first-order valence-corrected chi connectivity index (χ1v) is 4.12. The quantitative estimate of drug-likeness (QED) is 0.626. The van der Waals surface area contributed by atoms with E-state index < -0.39 is 12.5 Å². The summed E-state index contributed by atoms with van der Waals surface area (Å²) in [6.07, 6.45) is -3.43. The third kappa shape index (κ3) is 2.05. The van der Waals surface area contributed by atoms with Crippen LogP contribution in [0.3, 0.4) is 0 Å². The average Bonchev–Trinajstić information content (AvgIpc) is 2.32. The molecule has 3 nitrogen and oxygen atoms in total. The summed E-state index contributed by atoms with van der Waals surface area (Å²) >= 11 is 0. The van der Waals surface area contributed by atoms with Crippen LogP contribution in [0.4, 0.5) is 13.2 Å². The smallest absolute Gasteiger partial charge is 0.273 e. The molecule has 1 aliphatic rings. The van der Waals surface area contributed by atoms with Crippen molar-refractivity contribution in [3.8, 4) is 0 Å². The minimum atomic E-state index is -4.33. The van der Waals surface area contributed by atoms with Crippen molar-refractivity contribution in [3.63, 3.8) is 0 Å². The van der Waals surface area contributed by atoms with Crippen LogP contribution in [0, 0.1) is 0 Å². The first-order valence-electron chi connectivity index (χ1n) is 4.12. The van der Waals surface area contributed by atoms with Gasteiger partial charge in [0.1, 0.15) is 12.5 Å². The van der Waals surface area contributed by atoms with Gasteiger partial charge >= 0.3 is 6.30 Å². The van der Waals surface area contributed by atoms with E-state index in [-0.39, 0.29) is 0 Å². The van der Waals surface area contributed by atoms with Crippen LogP contribution in [0.25, 0.3) is 0 Å². The van der Waals surface area contributed by atoms with Gasteiger partial charge in [0.15, 0.2) is 0 Å². The number of alkyl halides is 3. The van der Waals surface area contributed by atoms with Gasteiger partial charge in [0.05, 0.1) is 0 Å². The Morgan fingerprint density at radius 1 is 1.46 bits per heavy atom. The summed E-state index contributed by atoms with van der Waals surface area (Å²) in [6, 6.07) is 0. The summed E-state index contributed by atoms with van der Waals surface area (Å²) in [5, 5.41) is 5.09. The lowest BCUT2D eigenvalue weighted by Gasteiger charge is -2.28. The molecule has 0 amide bonds. The summed E-state index contributed by atoms with van der Waals surface area (Å²) < 4.78 is 36.7. The van der Waals surface area contributed by atoms with Crippen LogP contribution in [-0.2, 0) is 0 Å². The molecule has 0 aromatic carbocycles. The van der Waals surface area contributed by atoms with Crippen molar-refractivity contribution in [2.75, 3.05) is 6.54 Å². The predicted octanol–water partition coefficient (Wildman–Crippen LogP) is 1.82. The van der Waals surface area contributed by atoms with Crippen molar-refractivity contribution >= 4 is 6.34 Å². The highest BCUT2D eigenvalue weighted by molar-refractivity contribution is 5.57. The molecule has 0 fully saturated rings. The molecule has 0 saturated heterocycles. The van der Waals surface area contributed by atoms with E-state index in [2.05, 4.69) is 5.10 Å². The van der Waals surface area contributed by atoms with Crippen LogP contribution in [-0.4, -0.2) is 35.3 Å². The van der Waals surface area contributed by atoms with Crippen molar-refractivity contribution < 1.29 is 13.2 Å². The summed E-state index contributed by atoms with van der Waals surface area (Å²) in [6.45, 7) is 3.93. The number of rotatable bonds is 2. The molecule has 0 bridgehead atoms. The molecule has 1 aliphatic heterocycles. The summed E-state index contributed by atoms with van der Waals surface area (Å²) in [4.78, 5) is 0.294. The molecular weight excluding hydrogens is 183 g/mol. The molecule has 1 unspecified atom stereocenters. The molecule has 6 heteroatoms. The first-order chi connectivity index (χ1) is 5.96. The molecule has 0 aromatic rings. The first kappa shape index (κ1) is 10.1. The van der Waals surface area contributed by atoms with Crippen molar-refractivity contribution in [3.05, 3.63) is 0 Å². The molecule has 0 spiro atoms. The maximum Gasteiger partial charge on any atom is 0.487 e. The number of hydrogen-bond acceptors (Lipinski definition) is 3. The maximum atomic E-state index is 12.2. The third-order valence-electron chi connectivity index (χ3n) is 1.90. The van der Waals surface area contributed by atoms with Gasteiger partial charge in [-0.3, -0.25) is 9.91 Å².